The summed E-state index contributed by atoms with van der Waals surface area (Å²) in [6.45, 7) is 2.06. The van der Waals surface area contributed by atoms with E-state index in [1.165, 1.54) is 19.3 Å². The van der Waals surface area contributed by atoms with Crippen LogP contribution in [0.5, 0.6) is 0 Å². The van der Waals surface area contributed by atoms with Gasteiger partial charge in [-0.1, -0.05) is 32.6 Å². The van der Waals surface area contributed by atoms with Gasteiger partial charge in [0.2, 0.25) is 5.91 Å². The molecule has 0 saturated heterocycles. The lowest BCUT2D eigenvalue weighted by Crippen LogP contribution is -2.39. The van der Waals surface area contributed by atoms with Crippen molar-refractivity contribution in [3.05, 3.63) is 0 Å². The molecule has 0 aliphatic heterocycles. The van der Waals surface area contributed by atoms with Crippen molar-refractivity contribution in [2.75, 3.05) is 7.05 Å². The summed E-state index contributed by atoms with van der Waals surface area (Å²) in [7, 11) is 1.85. The Hall–Kier alpha value is -0.860. The molecule has 0 aromatic rings. The molecule has 98 valence electrons. The fraction of sp³-hybridized carbons (Fsp3) is 0.857. The van der Waals surface area contributed by atoms with Crippen LogP contribution in [0.1, 0.15) is 64.7 Å². The van der Waals surface area contributed by atoms with E-state index < -0.39 is 0 Å². The fourth-order valence-electron chi connectivity index (χ4n) is 2.43. The van der Waals surface area contributed by atoms with Crippen LogP contribution in [0.15, 0.2) is 0 Å². The van der Waals surface area contributed by atoms with Gasteiger partial charge in [-0.25, -0.2) is 0 Å². The molecule has 3 heteroatoms. The van der Waals surface area contributed by atoms with Crippen molar-refractivity contribution in [2.24, 2.45) is 0 Å². The predicted octanol–water partition coefficient (Wildman–Crippen LogP) is 2.93. The lowest BCUT2D eigenvalue weighted by molar-refractivity contribution is -0.136. The number of unbranched alkanes of at least 4 members (excludes halogenated alkanes) is 1. The monoisotopic (exact) mass is 239 g/mol. The number of hydrogen-bond donors (Lipinski definition) is 0. The highest BCUT2D eigenvalue weighted by Gasteiger charge is 2.23. The van der Waals surface area contributed by atoms with Crippen LogP contribution >= 0.6 is 0 Å². The Bertz CT molecular complexity index is 257. The Balaban J connectivity index is 2.32. The van der Waals surface area contributed by atoms with E-state index in [0.717, 1.165) is 25.7 Å². The summed E-state index contributed by atoms with van der Waals surface area (Å²) < 4.78 is 0. The fourth-order valence-corrected chi connectivity index (χ4v) is 2.43. The summed E-state index contributed by atoms with van der Waals surface area (Å²) in [6, 6.07) is 0.371. The van der Waals surface area contributed by atoms with E-state index in [4.69, 9.17) is 0 Å². The van der Waals surface area contributed by atoms with Gasteiger partial charge in [-0.2, -0.15) is 0 Å². The molecule has 1 aliphatic rings. The molecule has 1 fully saturated rings. The third-order valence-electron chi connectivity index (χ3n) is 3.67. The molecule has 1 saturated carbocycles. The smallest absolute Gasteiger partial charge is 0.230 e. The van der Waals surface area contributed by atoms with Gasteiger partial charge < -0.3 is 4.90 Å². The first-order chi connectivity index (χ1) is 8.15. The lowest BCUT2D eigenvalue weighted by Gasteiger charge is -2.31. The highest BCUT2D eigenvalue weighted by molar-refractivity contribution is 5.97. The molecular formula is C14H25NO2. The van der Waals surface area contributed by atoms with Crippen LogP contribution in [0.25, 0.3) is 0 Å². The number of carbonyl (C=O) groups excluding carboxylic acids is 2. The first-order valence-electron chi connectivity index (χ1n) is 6.92. The molecule has 0 heterocycles. The average molecular weight is 239 g/mol. The van der Waals surface area contributed by atoms with Gasteiger partial charge in [0, 0.05) is 19.5 Å². The van der Waals surface area contributed by atoms with E-state index in [1.54, 1.807) is 0 Å². The molecule has 0 bridgehead atoms. The second kappa shape index (κ2) is 7.46. The molecule has 3 nitrogen and oxygen atoms in total. The summed E-state index contributed by atoms with van der Waals surface area (Å²) in [5, 5.41) is 0. The van der Waals surface area contributed by atoms with Crippen LogP contribution in [0.4, 0.5) is 0 Å². The lowest BCUT2D eigenvalue weighted by atomic mass is 9.94. The number of Topliss-reactive ketones (excluding diaryl/α,β-unsaturated/α-hetero) is 1. The largest absolute Gasteiger partial charge is 0.342 e. The van der Waals surface area contributed by atoms with Crippen molar-refractivity contribution in [1.29, 1.82) is 0 Å². The van der Waals surface area contributed by atoms with E-state index in [-0.39, 0.29) is 18.1 Å². The van der Waals surface area contributed by atoms with Gasteiger partial charge >= 0.3 is 0 Å². The zero-order chi connectivity index (χ0) is 12.7. The first kappa shape index (κ1) is 14.2. The van der Waals surface area contributed by atoms with E-state index >= 15 is 0 Å². The van der Waals surface area contributed by atoms with Crippen LogP contribution in [0.2, 0.25) is 0 Å². The molecule has 0 atom stereocenters. The van der Waals surface area contributed by atoms with Crippen molar-refractivity contribution in [3.63, 3.8) is 0 Å². The molecule has 0 radical (unpaired) electrons. The van der Waals surface area contributed by atoms with E-state index in [9.17, 15) is 9.59 Å². The minimum absolute atomic E-state index is 0.0120. The molecular weight excluding hydrogens is 214 g/mol. The van der Waals surface area contributed by atoms with Crippen molar-refractivity contribution in [3.8, 4) is 0 Å². The molecule has 17 heavy (non-hydrogen) atoms. The Morgan fingerprint density at radius 3 is 2.41 bits per heavy atom. The first-order valence-corrected chi connectivity index (χ1v) is 6.92. The highest BCUT2D eigenvalue weighted by atomic mass is 16.2. The van der Waals surface area contributed by atoms with Gasteiger partial charge in [0.1, 0.15) is 5.78 Å². The van der Waals surface area contributed by atoms with Gasteiger partial charge in [-0.3, -0.25) is 9.59 Å². The number of rotatable bonds is 6. The number of amides is 1. The minimum atomic E-state index is 0.0120. The van der Waals surface area contributed by atoms with Crippen molar-refractivity contribution in [1.82, 2.24) is 4.90 Å². The minimum Gasteiger partial charge on any atom is -0.342 e. The quantitative estimate of drug-likeness (QED) is 0.668. The van der Waals surface area contributed by atoms with Crippen molar-refractivity contribution < 1.29 is 9.59 Å². The van der Waals surface area contributed by atoms with Crippen LogP contribution in [-0.4, -0.2) is 29.7 Å². The van der Waals surface area contributed by atoms with E-state index in [1.807, 2.05) is 11.9 Å². The maximum absolute atomic E-state index is 11.9. The Labute approximate surface area is 105 Å². The van der Waals surface area contributed by atoms with Gasteiger partial charge in [-0.15, -0.1) is 0 Å². The third kappa shape index (κ3) is 4.88. The number of hydrogen-bond acceptors (Lipinski definition) is 2. The molecule has 0 N–H and O–H groups in total. The molecule has 0 spiro atoms. The van der Waals surface area contributed by atoms with Gasteiger partial charge in [-0.05, 0) is 19.3 Å². The molecule has 1 rings (SSSR count). The molecule has 1 amide bonds. The highest BCUT2D eigenvalue weighted by Crippen LogP contribution is 2.22. The molecule has 0 aromatic carbocycles. The summed E-state index contributed by atoms with van der Waals surface area (Å²) in [5.41, 5.74) is 0. The van der Waals surface area contributed by atoms with Crippen molar-refractivity contribution >= 4 is 11.7 Å². The zero-order valence-corrected chi connectivity index (χ0v) is 11.2. The van der Waals surface area contributed by atoms with Gasteiger partial charge in [0.05, 0.1) is 6.42 Å². The van der Waals surface area contributed by atoms with E-state index in [2.05, 4.69) is 6.92 Å². The predicted molar refractivity (Wildman–Crippen MR) is 68.8 cm³/mol. The molecule has 0 unspecified atom stereocenters. The average Bonchev–Trinajstić information content (AvgIpc) is 2.36. The van der Waals surface area contributed by atoms with Crippen molar-refractivity contribution in [2.45, 2.75) is 70.8 Å². The SMILES string of the molecule is CCCCC(=O)CC(=O)N(C)C1CCCCC1. The second-order valence-corrected chi connectivity index (χ2v) is 5.12. The second-order valence-electron chi connectivity index (χ2n) is 5.12. The number of carbonyl (C=O) groups is 2. The molecule has 0 aromatic heterocycles. The van der Waals surface area contributed by atoms with Crippen LogP contribution < -0.4 is 0 Å². The Morgan fingerprint density at radius 2 is 1.82 bits per heavy atom. The van der Waals surface area contributed by atoms with Gasteiger partial charge in [0.15, 0.2) is 0 Å². The zero-order valence-electron chi connectivity index (χ0n) is 11.2. The Kier molecular flexibility index (Phi) is 6.23. The van der Waals surface area contributed by atoms with Crippen LogP contribution in [0, 0.1) is 0 Å². The summed E-state index contributed by atoms with van der Waals surface area (Å²) in [4.78, 5) is 25.3. The topological polar surface area (TPSA) is 37.4 Å². The number of nitrogens with zero attached hydrogens (tertiary/aromatic N) is 1. The van der Waals surface area contributed by atoms with E-state index in [0.29, 0.717) is 12.5 Å². The maximum atomic E-state index is 11.9. The van der Waals surface area contributed by atoms with Crippen LogP contribution in [0.3, 0.4) is 0 Å². The standard InChI is InChI=1S/C14H25NO2/c1-3-4-10-13(16)11-14(17)15(2)12-8-6-5-7-9-12/h12H,3-11H2,1-2H3. The normalized spacial score (nSPS) is 16.8. The van der Waals surface area contributed by atoms with Gasteiger partial charge in [0.25, 0.3) is 0 Å². The maximum Gasteiger partial charge on any atom is 0.230 e. The molecule has 1 aliphatic carbocycles. The summed E-state index contributed by atoms with van der Waals surface area (Å²) in [5.74, 6) is 0.109. The third-order valence-corrected chi connectivity index (χ3v) is 3.67. The Morgan fingerprint density at radius 1 is 1.18 bits per heavy atom. The number of ketones is 1. The summed E-state index contributed by atoms with van der Waals surface area (Å²) in [6.07, 6.45) is 8.49. The van der Waals surface area contributed by atoms with Crippen LogP contribution in [-0.2, 0) is 9.59 Å². The summed E-state index contributed by atoms with van der Waals surface area (Å²) >= 11 is 0.